The minimum atomic E-state index is 0.544. The predicted octanol–water partition coefficient (Wildman–Crippen LogP) is 2.70. The number of rotatable bonds is 4. The number of para-hydroxylation sites is 1. The second-order valence-electron chi connectivity index (χ2n) is 3.81. The summed E-state index contributed by atoms with van der Waals surface area (Å²) in [6, 6.07) is 14.2. The molecule has 1 aromatic heterocycles. The number of pyridine rings is 1. The van der Waals surface area contributed by atoms with Gasteiger partial charge in [0.05, 0.1) is 0 Å². The Bertz CT molecular complexity index is 468. The van der Waals surface area contributed by atoms with Gasteiger partial charge in [0.1, 0.15) is 5.82 Å². The average Bonchev–Trinajstić information content (AvgIpc) is 2.41. The molecule has 0 atom stereocenters. The molecule has 0 bridgehead atoms. The first kappa shape index (κ1) is 11.6. The van der Waals surface area contributed by atoms with Gasteiger partial charge in [0.15, 0.2) is 0 Å². The fraction of sp³-hybridized carbons (Fsp3) is 0.214. The molecule has 2 rings (SSSR count). The van der Waals surface area contributed by atoms with Crippen LogP contribution in [0.3, 0.4) is 0 Å². The Morgan fingerprint density at radius 1 is 1.18 bits per heavy atom. The summed E-state index contributed by atoms with van der Waals surface area (Å²) in [6.07, 6.45) is 1.81. The minimum Gasteiger partial charge on any atom is -0.327 e. The molecule has 0 aliphatic heterocycles. The molecule has 0 unspecified atom stereocenters. The molecule has 88 valence electrons. The van der Waals surface area contributed by atoms with E-state index in [1.165, 1.54) is 0 Å². The molecule has 0 amide bonds. The minimum absolute atomic E-state index is 0.544. The Hall–Kier alpha value is -1.87. The van der Waals surface area contributed by atoms with Crippen molar-refractivity contribution in [1.29, 1.82) is 0 Å². The standard InChI is InChI=1S/C14H17N3/c1-2-17(13-6-4-3-5-7-13)14-10-12(11-15)8-9-16-14/h3-10H,2,11,15H2,1H3. The summed E-state index contributed by atoms with van der Waals surface area (Å²) < 4.78 is 0. The summed E-state index contributed by atoms with van der Waals surface area (Å²) in [5.74, 6) is 0.946. The van der Waals surface area contributed by atoms with Gasteiger partial charge in [-0.25, -0.2) is 4.98 Å². The lowest BCUT2D eigenvalue weighted by Crippen LogP contribution is -2.17. The molecule has 1 aromatic carbocycles. The second kappa shape index (κ2) is 5.46. The van der Waals surface area contributed by atoms with Crippen molar-refractivity contribution in [2.75, 3.05) is 11.4 Å². The highest BCUT2D eigenvalue weighted by Gasteiger charge is 2.07. The molecule has 2 N–H and O–H groups in total. The van der Waals surface area contributed by atoms with Gasteiger partial charge in [-0.05, 0) is 36.8 Å². The van der Waals surface area contributed by atoms with Gasteiger partial charge in [0.2, 0.25) is 0 Å². The summed E-state index contributed by atoms with van der Waals surface area (Å²) in [5.41, 5.74) is 7.90. The predicted molar refractivity (Wildman–Crippen MR) is 71.3 cm³/mol. The number of nitrogens with zero attached hydrogens (tertiary/aromatic N) is 2. The lowest BCUT2D eigenvalue weighted by Gasteiger charge is -2.22. The third-order valence-corrected chi connectivity index (χ3v) is 2.71. The van der Waals surface area contributed by atoms with Crippen molar-refractivity contribution in [1.82, 2.24) is 4.98 Å². The van der Waals surface area contributed by atoms with Crippen LogP contribution in [0.2, 0.25) is 0 Å². The largest absolute Gasteiger partial charge is 0.327 e. The van der Waals surface area contributed by atoms with Crippen LogP contribution in [0.25, 0.3) is 0 Å². The van der Waals surface area contributed by atoms with E-state index in [0.717, 1.165) is 23.6 Å². The van der Waals surface area contributed by atoms with Gasteiger partial charge in [0.25, 0.3) is 0 Å². The van der Waals surface area contributed by atoms with Crippen molar-refractivity contribution in [2.45, 2.75) is 13.5 Å². The van der Waals surface area contributed by atoms with Gasteiger partial charge in [0, 0.05) is 25.0 Å². The maximum absolute atomic E-state index is 5.65. The Morgan fingerprint density at radius 2 is 1.94 bits per heavy atom. The SMILES string of the molecule is CCN(c1ccccc1)c1cc(CN)ccn1. The van der Waals surface area contributed by atoms with Crippen LogP contribution >= 0.6 is 0 Å². The normalized spacial score (nSPS) is 10.2. The van der Waals surface area contributed by atoms with Crippen LogP contribution in [-0.2, 0) is 6.54 Å². The highest BCUT2D eigenvalue weighted by molar-refractivity contribution is 5.60. The quantitative estimate of drug-likeness (QED) is 0.873. The highest BCUT2D eigenvalue weighted by atomic mass is 15.2. The maximum Gasteiger partial charge on any atom is 0.133 e. The van der Waals surface area contributed by atoms with Gasteiger partial charge >= 0.3 is 0 Å². The summed E-state index contributed by atoms with van der Waals surface area (Å²) in [7, 11) is 0. The maximum atomic E-state index is 5.65. The van der Waals surface area contributed by atoms with Crippen molar-refractivity contribution in [2.24, 2.45) is 5.73 Å². The smallest absolute Gasteiger partial charge is 0.133 e. The van der Waals surface area contributed by atoms with Crippen LogP contribution in [-0.4, -0.2) is 11.5 Å². The molecule has 0 saturated heterocycles. The fourth-order valence-corrected chi connectivity index (χ4v) is 1.82. The van der Waals surface area contributed by atoms with Gasteiger partial charge < -0.3 is 10.6 Å². The highest BCUT2D eigenvalue weighted by Crippen LogP contribution is 2.23. The van der Waals surface area contributed by atoms with E-state index in [1.54, 1.807) is 0 Å². The number of hydrogen-bond acceptors (Lipinski definition) is 3. The van der Waals surface area contributed by atoms with E-state index in [-0.39, 0.29) is 0 Å². The van der Waals surface area contributed by atoms with Gasteiger partial charge in [-0.15, -0.1) is 0 Å². The molecule has 3 heteroatoms. The Kier molecular flexibility index (Phi) is 3.73. The molecule has 17 heavy (non-hydrogen) atoms. The molecule has 1 heterocycles. The van der Waals surface area contributed by atoms with Crippen molar-refractivity contribution >= 4 is 11.5 Å². The number of benzene rings is 1. The number of hydrogen-bond donors (Lipinski definition) is 1. The fourth-order valence-electron chi connectivity index (χ4n) is 1.82. The average molecular weight is 227 g/mol. The third-order valence-electron chi connectivity index (χ3n) is 2.71. The zero-order valence-electron chi connectivity index (χ0n) is 10.0. The Morgan fingerprint density at radius 3 is 2.59 bits per heavy atom. The first-order valence-electron chi connectivity index (χ1n) is 5.82. The van der Waals surface area contributed by atoms with E-state index >= 15 is 0 Å². The summed E-state index contributed by atoms with van der Waals surface area (Å²) in [5, 5.41) is 0. The first-order chi connectivity index (χ1) is 8.35. The summed E-state index contributed by atoms with van der Waals surface area (Å²) >= 11 is 0. The van der Waals surface area contributed by atoms with E-state index in [2.05, 4.69) is 28.9 Å². The zero-order chi connectivity index (χ0) is 12.1. The number of nitrogens with two attached hydrogens (primary N) is 1. The lowest BCUT2D eigenvalue weighted by molar-refractivity contribution is 0.974. The molecular weight excluding hydrogens is 210 g/mol. The molecule has 0 spiro atoms. The van der Waals surface area contributed by atoms with Crippen molar-refractivity contribution in [3.8, 4) is 0 Å². The molecule has 0 aliphatic carbocycles. The molecule has 0 aliphatic rings. The van der Waals surface area contributed by atoms with Crippen LogP contribution < -0.4 is 10.6 Å². The monoisotopic (exact) mass is 227 g/mol. The zero-order valence-corrected chi connectivity index (χ0v) is 10.0. The summed E-state index contributed by atoms with van der Waals surface area (Å²) in [6.45, 7) is 3.54. The van der Waals surface area contributed by atoms with Gasteiger partial charge in [-0.3, -0.25) is 0 Å². The van der Waals surface area contributed by atoms with E-state index in [0.29, 0.717) is 6.54 Å². The van der Waals surface area contributed by atoms with Crippen molar-refractivity contribution < 1.29 is 0 Å². The second-order valence-corrected chi connectivity index (χ2v) is 3.81. The molecule has 0 fully saturated rings. The van der Waals surface area contributed by atoms with Crippen molar-refractivity contribution in [3.63, 3.8) is 0 Å². The van der Waals surface area contributed by atoms with Gasteiger partial charge in [-0.1, -0.05) is 18.2 Å². The van der Waals surface area contributed by atoms with Crippen LogP contribution in [0.1, 0.15) is 12.5 Å². The number of aromatic nitrogens is 1. The number of anilines is 2. The molecular formula is C14H17N3. The van der Waals surface area contributed by atoms with Crippen LogP contribution in [0, 0.1) is 0 Å². The van der Waals surface area contributed by atoms with Crippen LogP contribution in [0.5, 0.6) is 0 Å². The Labute approximate surface area is 102 Å². The van der Waals surface area contributed by atoms with Crippen LogP contribution in [0.4, 0.5) is 11.5 Å². The van der Waals surface area contributed by atoms with E-state index in [1.807, 2.05) is 36.5 Å². The van der Waals surface area contributed by atoms with E-state index in [9.17, 15) is 0 Å². The van der Waals surface area contributed by atoms with E-state index < -0.39 is 0 Å². The molecule has 0 radical (unpaired) electrons. The first-order valence-corrected chi connectivity index (χ1v) is 5.82. The molecule has 3 nitrogen and oxygen atoms in total. The molecule has 2 aromatic rings. The third kappa shape index (κ3) is 2.63. The Balaban J connectivity index is 2.35. The summed E-state index contributed by atoms with van der Waals surface area (Å²) in [4.78, 5) is 6.57. The van der Waals surface area contributed by atoms with Gasteiger partial charge in [-0.2, -0.15) is 0 Å². The van der Waals surface area contributed by atoms with E-state index in [4.69, 9.17) is 5.73 Å². The van der Waals surface area contributed by atoms with Crippen LogP contribution in [0.15, 0.2) is 48.7 Å². The van der Waals surface area contributed by atoms with Crippen molar-refractivity contribution in [3.05, 3.63) is 54.2 Å². The lowest BCUT2D eigenvalue weighted by atomic mass is 10.2. The topological polar surface area (TPSA) is 42.1 Å². The molecule has 0 saturated carbocycles.